The summed E-state index contributed by atoms with van der Waals surface area (Å²) in [6, 6.07) is 8.55. The molecule has 1 aliphatic carbocycles. The SMILES string of the molecule is COc1ccccc1C1(CNCC(C)C)CCCC1. The minimum Gasteiger partial charge on any atom is -0.496 e. The largest absolute Gasteiger partial charge is 0.496 e. The second kappa shape index (κ2) is 6.42. The molecule has 0 aliphatic heterocycles. The van der Waals surface area contributed by atoms with E-state index in [9.17, 15) is 0 Å². The van der Waals surface area contributed by atoms with Crippen LogP contribution in [0.4, 0.5) is 0 Å². The Labute approximate surface area is 117 Å². The van der Waals surface area contributed by atoms with Gasteiger partial charge in [0.25, 0.3) is 0 Å². The van der Waals surface area contributed by atoms with Crippen LogP contribution in [0.15, 0.2) is 24.3 Å². The number of benzene rings is 1. The average Bonchev–Trinajstić information content (AvgIpc) is 2.88. The molecule has 1 aromatic rings. The summed E-state index contributed by atoms with van der Waals surface area (Å²) in [4.78, 5) is 0. The third-order valence-electron chi connectivity index (χ3n) is 4.25. The molecule has 106 valence electrons. The fourth-order valence-electron chi connectivity index (χ4n) is 3.28. The molecule has 0 aromatic heterocycles. The lowest BCUT2D eigenvalue weighted by Crippen LogP contribution is -2.37. The maximum atomic E-state index is 5.58. The highest BCUT2D eigenvalue weighted by molar-refractivity contribution is 5.40. The van der Waals surface area contributed by atoms with Crippen molar-refractivity contribution in [3.8, 4) is 5.75 Å². The fourth-order valence-corrected chi connectivity index (χ4v) is 3.28. The molecule has 2 nitrogen and oxygen atoms in total. The lowest BCUT2D eigenvalue weighted by molar-refractivity contribution is 0.356. The van der Waals surface area contributed by atoms with Gasteiger partial charge in [0.05, 0.1) is 7.11 Å². The average molecular weight is 261 g/mol. The van der Waals surface area contributed by atoms with E-state index in [0.717, 1.165) is 18.8 Å². The van der Waals surface area contributed by atoms with Crippen molar-refractivity contribution in [2.75, 3.05) is 20.2 Å². The summed E-state index contributed by atoms with van der Waals surface area (Å²) < 4.78 is 5.58. The first-order chi connectivity index (χ1) is 9.18. The zero-order valence-electron chi connectivity index (χ0n) is 12.5. The summed E-state index contributed by atoms with van der Waals surface area (Å²) in [6.07, 6.45) is 5.22. The molecule has 1 saturated carbocycles. The van der Waals surface area contributed by atoms with E-state index in [4.69, 9.17) is 4.74 Å². The van der Waals surface area contributed by atoms with Gasteiger partial charge in [-0.05, 0) is 31.4 Å². The molecule has 19 heavy (non-hydrogen) atoms. The van der Waals surface area contributed by atoms with Crippen LogP contribution < -0.4 is 10.1 Å². The normalized spacial score (nSPS) is 17.9. The van der Waals surface area contributed by atoms with E-state index in [-0.39, 0.29) is 5.41 Å². The van der Waals surface area contributed by atoms with Crippen LogP contribution in [0.3, 0.4) is 0 Å². The van der Waals surface area contributed by atoms with Crippen LogP contribution in [-0.2, 0) is 5.41 Å². The molecule has 0 atom stereocenters. The summed E-state index contributed by atoms with van der Waals surface area (Å²) in [5.74, 6) is 1.76. The van der Waals surface area contributed by atoms with Crippen LogP contribution in [0.5, 0.6) is 5.75 Å². The summed E-state index contributed by atoms with van der Waals surface area (Å²) >= 11 is 0. The zero-order chi connectivity index (χ0) is 13.7. The molecule has 0 saturated heterocycles. The van der Waals surface area contributed by atoms with Crippen LogP contribution in [0, 0.1) is 5.92 Å². The van der Waals surface area contributed by atoms with Gasteiger partial charge in [0.2, 0.25) is 0 Å². The number of hydrogen-bond donors (Lipinski definition) is 1. The van der Waals surface area contributed by atoms with Crippen molar-refractivity contribution in [1.82, 2.24) is 5.32 Å². The number of methoxy groups -OCH3 is 1. The quantitative estimate of drug-likeness (QED) is 0.842. The van der Waals surface area contributed by atoms with Gasteiger partial charge in [-0.3, -0.25) is 0 Å². The third-order valence-corrected chi connectivity index (χ3v) is 4.25. The van der Waals surface area contributed by atoms with E-state index in [2.05, 4.69) is 43.4 Å². The Morgan fingerprint density at radius 1 is 1.21 bits per heavy atom. The van der Waals surface area contributed by atoms with Crippen LogP contribution in [0.2, 0.25) is 0 Å². The minimum absolute atomic E-state index is 0.279. The molecule has 0 heterocycles. The molecule has 0 radical (unpaired) electrons. The van der Waals surface area contributed by atoms with Gasteiger partial charge in [-0.2, -0.15) is 0 Å². The summed E-state index contributed by atoms with van der Waals surface area (Å²) in [6.45, 7) is 6.69. The van der Waals surface area contributed by atoms with Crippen LogP contribution >= 0.6 is 0 Å². The number of nitrogens with one attached hydrogen (secondary N) is 1. The zero-order valence-corrected chi connectivity index (χ0v) is 12.5. The van der Waals surface area contributed by atoms with Crippen molar-refractivity contribution in [2.24, 2.45) is 5.92 Å². The molecule has 1 aliphatic rings. The van der Waals surface area contributed by atoms with Gasteiger partial charge in [0.15, 0.2) is 0 Å². The fraction of sp³-hybridized carbons (Fsp3) is 0.647. The van der Waals surface area contributed by atoms with Crippen LogP contribution in [0.25, 0.3) is 0 Å². The number of rotatable bonds is 6. The first-order valence-electron chi connectivity index (χ1n) is 7.52. The second-order valence-corrected chi connectivity index (χ2v) is 6.21. The Morgan fingerprint density at radius 2 is 1.89 bits per heavy atom. The van der Waals surface area contributed by atoms with E-state index < -0.39 is 0 Å². The number of para-hydroxylation sites is 1. The molecular weight excluding hydrogens is 234 g/mol. The minimum atomic E-state index is 0.279. The van der Waals surface area contributed by atoms with E-state index in [1.54, 1.807) is 7.11 Å². The van der Waals surface area contributed by atoms with Crippen molar-refractivity contribution in [2.45, 2.75) is 44.9 Å². The van der Waals surface area contributed by atoms with Gasteiger partial charge in [-0.15, -0.1) is 0 Å². The lowest BCUT2D eigenvalue weighted by Gasteiger charge is -2.32. The Balaban J connectivity index is 2.18. The van der Waals surface area contributed by atoms with E-state index in [1.807, 2.05) is 0 Å². The van der Waals surface area contributed by atoms with Crippen molar-refractivity contribution >= 4 is 0 Å². The summed E-state index contributed by atoms with van der Waals surface area (Å²) in [5.41, 5.74) is 1.67. The van der Waals surface area contributed by atoms with Crippen LogP contribution in [0.1, 0.15) is 45.1 Å². The van der Waals surface area contributed by atoms with Crippen molar-refractivity contribution in [3.63, 3.8) is 0 Å². The number of hydrogen-bond acceptors (Lipinski definition) is 2. The maximum Gasteiger partial charge on any atom is 0.122 e. The Bertz CT molecular complexity index is 394. The Hall–Kier alpha value is -1.02. The Kier molecular flexibility index (Phi) is 4.87. The van der Waals surface area contributed by atoms with Crippen molar-refractivity contribution < 1.29 is 4.74 Å². The standard InChI is InChI=1S/C17H27NO/c1-14(2)12-18-13-17(10-6-7-11-17)15-8-4-5-9-16(15)19-3/h4-5,8-9,14,18H,6-7,10-13H2,1-3H3. The highest BCUT2D eigenvalue weighted by Crippen LogP contribution is 2.44. The molecule has 1 aromatic carbocycles. The van der Waals surface area contributed by atoms with E-state index in [1.165, 1.54) is 31.2 Å². The van der Waals surface area contributed by atoms with Crippen molar-refractivity contribution in [3.05, 3.63) is 29.8 Å². The molecule has 2 heteroatoms. The summed E-state index contributed by atoms with van der Waals surface area (Å²) in [7, 11) is 1.78. The van der Waals surface area contributed by atoms with Gasteiger partial charge < -0.3 is 10.1 Å². The Morgan fingerprint density at radius 3 is 2.53 bits per heavy atom. The predicted octanol–water partition coefficient (Wildman–Crippen LogP) is 3.75. The molecule has 0 bridgehead atoms. The molecule has 2 rings (SSSR count). The highest BCUT2D eigenvalue weighted by atomic mass is 16.5. The maximum absolute atomic E-state index is 5.58. The van der Waals surface area contributed by atoms with E-state index in [0.29, 0.717) is 5.92 Å². The lowest BCUT2D eigenvalue weighted by atomic mass is 9.78. The molecule has 1 N–H and O–H groups in total. The third kappa shape index (κ3) is 3.30. The molecule has 0 amide bonds. The van der Waals surface area contributed by atoms with Gasteiger partial charge >= 0.3 is 0 Å². The molecular formula is C17H27NO. The second-order valence-electron chi connectivity index (χ2n) is 6.21. The predicted molar refractivity (Wildman–Crippen MR) is 80.8 cm³/mol. The van der Waals surface area contributed by atoms with Crippen LogP contribution in [-0.4, -0.2) is 20.2 Å². The monoisotopic (exact) mass is 261 g/mol. The molecule has 0 unspecified atom stereocenters. The first kappa shape index (κ1) is 14.4. The number of ether oxygens (including phenoxy) is 1. The smallest absolute Gasteiger partial charge is 0.122 e. The first-order valence-corrected chi connectivity index (χ1v) is 7.52. The van der Waals surface area contributed by atoms with Gasteiger partial charge in [-0.25, -0.2) is 0 Å². The van der Waals surface area contributed by atoms with Gasteiger partial charge in [0, 0.05) is 17.5 Å². The van der Waals surface area contributed by atoms with E-state index >= 15 is 0 Å². The topological polar surface area (TPSA) is 21.3 Å². The van der Waals surface area contributed by atoms with Gasteiger partial charge in [-0.1, -0.05) is 44.9 Å². The molecule has 0 spiro atoms. The highest BCUT2D eigenvalue weighted by Gasteiger charge is 2.37. The summed E-state index contributed by atoms with van der Waals surface area (Å²) in [5, 5.41) is 3.66. The molecule has 1 fully saturated rings. The van der Waals surface area contributed by atoms with Gasteiger partial charge in [0.1, 0.15) is 5.75 Å². The van der Waals surface area contributed by atoms with Crippen molar-refractivity contribution in [1.29, 1.82) is 0 Å².